The molecule has 1 amide bonds. The average Bonchev–Trinajstić information content (AvgIpc) is 3.09. The summed E-state index contributed by atoms with van der Waals surface area (Å²) in [4.78, 5) is 14.9. The maximum absolute atomic E-state index is 12.8. The summed E-state index contributed by atoms with van der Waals surface area (Å²) >= 11 is 1.63. The van der Waals surface area contributed by atoms with Gasteiger partial charge in [-0.2, -0.15) is 11.3 Å². The Balaban J connectivity index is 1.80. The van der Waals surface area contributed by atoms with Crippen LogP contribution >= 0.6 is 11.3 Å². The van der Waals surface area contributed by atoms with Gasteiger partial charge in [0, 0.05) is 24.0 Å². The molecule has 1 aromatic heterocycles. The highest BCUT2D eigenvalue weighted by molar-refractivity contribution is 7.08. The first kappa shape index (κ1) is 13.1. The van der Waals surface area contributed by atoms with Crippen molar-refractivity contribution in [3.8, 4) is 0 Å². The van der Waals surface area contributed by atoms with E-state index in [4.69, 9.17) is 0 Å². The fourth-order valence-corrected chi connectivity index (χ4v) is 4.22. The molecular weight excluding hydrogens is 256 g/mol. The van der Waals surface area contributed by atoms with Gasteiger partial charge in [-0.15, -0.1) is 0 Å². The van der Waals surface area contributed by atoms with Crippen molar-refractivity contribution < 1.29 is 4.79 Å². The molecule has 0 spiro atoms. The molecule has 2 atom stereocenters. The van der Waals surface area contributed by atoms with Crippen LogP contribution in [0.4, 0.5) is 0 Å². The van der Waals surface area contributed by atoms with E-state index in [-0.39, 0.29) is 5.91 Å². The van der Waals surface area contributed by atoms with Crippen LogP contribution in [0, 0.1) is 6.92 Å². The van der Waals surface area contributed by atoms with Crippen LogP contribution in [-0.2, 0) is 0 Å². The Kier molecular flexibility index (Phi) is 3.89. The molecule has 19 heavy (non-hydrogen) atoms. The Morgan fingerprint density at radius 3 is 2.89 bits per heavy atom. The largest absolute Gasteiger partial charge is 0.334 e. The number of rotatable bonds is 2. The first-order valence-corrected chi connectivity index (χ1v) is 8.29. The molecule has 3 heterocycles. The van der Waals surface area contributed by atoms with E-state index < -0.39 is 0 Å². The highest BCUT2D eigenvalue weighted by Gasteiger charge is 2.34. The number of aryl methyl sites for hydroxylation is 1. The number of carbonyl (C=O) groups is 1. The second-order valence-corrected chi connectivity index (χ2v) is 6.48. The second-order valence-electron chi connectivity index (χ2n) is 5.73. The average molecular weight is 278 g/mol. The van der Waals surface area contributed by atoms with Gasteiger partial charge in [0.2, 0.25) is 0 Å². The van der Waals surface area contributed by atoms with Gasteiger partial charge in [0.15, 0.2) is 0 Å². The SMILES string of the molecule is Cc1cscc1C(=O)N1CCCCC1C1CCCN1. The number of nitrogens with one attached hydrogen (secondary N) is 1. The predicted molar refractivity (Wildman–Crippen MR) is 78.8 cm³/mol. The van der Waals surface area contributed by atoms with Gasteiger partial charge in [0.05, 0.1) is 5.56 Å². The van der Waals surface area contributed by atoms with E-state index >= 15 is 0 Å². The third-order valence-electron chi connectivity index (χ3n) is 4.46. The van der Waals surface area contributed by atoms with Gasteiger partial charge in [0.1, 0.15) is 0 Å². The standard InChI is InChI=1S/C15H22N2OS/c1-11-9-19-10-12(11)15(18)17-8-3-2-6-14(17)13-5-4-7-16-13/h9-10,13-14,16H,2-8H2,1H3. The zero-order valence-corrected chi connectivity index (χ0v) is 12.3. The zero-order chi connectivity index (χ0) is 13.2. The summed E-state index contributed by atoms with van der Waals surface area (Å²) in [6.07, 6.45) is 6.04. The van der Waals surface area contributed by atoms with Gasteiger partial charge in [-0.05, 0) is 56.5 Å². The third kappa shape index (κ3) is 2.56. The maximum Gasteiger partial charge on any atom is 0.255 e. The van der Waals surface area contributed by atoms with E-state index in [9.17, 15) is 4.79 Å². The lowest BCUT2D eigenvalue weighted by molar-refractivity contribution is 0.0563. The van der Waals surface area contributed by atoms with Crippen molar-refractivity contribution in [3.05, 3.63) is 21.9 Å². The first-order valence-electron chi connectivity index (χ1n) is 7.34. The quantitative estimate of drug-likeness (QED) is 0.902. The summed E-state index contributed by atoms with van der Waals surface area (Å²) in [5.74, 6) is 0.247. The number of likely N-dealkylation sites (tertiary alicyclic amines) is 1. The Morgan fingerprint density at radius 1 is 1.32 bits per heavy atom. The van der Waals surface area contributed by atoms with Crippen molar-refractivity contribution in [2.45, 2.75) is 51.1 Å². The van der Waals surface area contributed by atoms with E-state index in [2.05, 4.69) is 15.6 Å². The summed E-state index contributed by atoms with van der Waals surface area (Å²) in [5, 5.41) is 7.65. The lowest BCUT2D eigenvalue weighted by atomic mass is 9.93. The molecule has 1 N–H and O–H groups in total. The van der Waals surface area contributed by atoms with Gasteiger partial charge >= 0.3 is 0 Å². The maximum atomic E-state index is 12.8. The highest BCUT2D eigenvalue weighted by atomic mass is 32.1. The number of amides is 1. The molecule has 2 aliphatic rings. The third-order valence-corrected chi connectivity index (χ3v) is 5.32. The van der Waals surface area contributed by atoms with Crippen LogP contribution < -0.4 is 5.32 Å². The van der Waals surface area contributed by atoms with Gasteiger partial charge in [-0.25, -0.2) is 0 Å². The Labute approximate surface area is 119 Å². The van der Waals surface area contributed by atoms with Crippen molar-refractivity contribution >= 4 is 17.2 Å². The van der Waals surface area contributed by atoms with Crippen molar-refractivity contribution in [1.29, 1.82) is 0 Å². The minimum absolute atomic E-state index is 0.247. The molecule has 3 nitrogen and oxygen atoms in total. The van der Waals surface area contributed by atoms with Crippen LogP contribution in [0.3, 0.4) is 0 Å². The molecule has 3 rings (SSSR count). The Bertz CT molecular complexity index is 451. The van der Waals surface area contributed by atoms with Crippen LogP contribution in [0.2, 0.25) is 0 Å². The number of nitrogens with zero attached hydrogens (tertiary/aromatic N) is 1. The van der Waals surface area contributed by atoms with Crippen LogP contribution in [0.1, 0.15) is 48.0 Å². The molecular formula is C15H22N2OS. The minimum atomic E-state index is 0.247. The lowest BCUT2D eigenvalue weighted by Crippen LogP contribution is -2.52. The monoisotopic (exact) mass is 278 g/mol. The number of hydrogen-bond acceptors (Lipinski definition) is 3. The summed E-state index contributed by atoms with van der Waals surface area (Å²) in [6.45, 7) is 4.08. The summed E-state index contributed by atoms with van der Waals surface area (Å²) < 4.78 is 0. The smallest absolute Gasteiger partial charge is 0.255 e. The summed E-state index contributed by atoms with van der Waals surface area (Å²) in [5.41, 5.74) is 2.04. The van der Waals surface area contributed by atoms with E-state index in [1.54, 1.807) is 11.3 Å². The molecule has 4 heteroatoms. The number of carbonyl (C=O) groups excluding carboxylic acids is 1. The topological polar surface area (TPSA) is 32.3 Å². The van der Waals surface area contributed by atoms with Crippen molar-refractivity contribution in [2.24, 2.45) is 0 Å². The number of hydrogen-bond donors (Lipinski definition) is 1. The van der Waals surface area contributed by atoms with Crippen molar-refractivity contribution in [1.82, 2.24) is 10.2 Å². The van der Waals surface area contributed by atoms with E-state index in [1.807, 2.05) is 12.3 Å². The highest BCUT2D eigenvalue weighted by Crippen LogP contribution is 2.27. The molecule has 1 aromatic rings. The Hall–Kier alpha value is -0.870. The number of thiophene rings is 1. The predicted octanol–water partition coefficient (Wildman–Crippen LogP) is 2.80. The van der Waals surface area contributed by atoms with Crippen molar-refractivity contribution in [2.75, 3.05) is 13.1 Å². The van der Waals surface area contributed by atoms with Crippen LogP contribution in [0.15, 0.2) is 10.8 Å². The van der Waals surface area contributed by atoms with E-state index in [0.29, 0.717) is 12.1 Å². The van der Waals surface area contributed by atoms with Gasteiger partial charge in [-0.1, -0.05) is 0 Å². The zero-order valence-electron chi connectivity index (χ0n) is 11.5. The van der Waals surface area contributed by atoms with Crippen LogP contribution in [-0.4, -0.2) is 36.0 Å². The van der Waals surface area contributed by atoms with Gasteiger partial charge in [-0.3, -0.25) is 4.79 Å². The summed E-state index contributed by atoms with van der Waals surface area (Å²) in [7, 11) is 0. The fraction of sp³-hybridized carbons (Fsp3) is 0.667. The van der Waals surface area contributed by atoms with Crippen LogP contribution in [0.5, 0.6) is 0 Å². The van der Waals surface area contributed by atoms with E-state index in [1.165, 1.54) is 19.3 Å². The molecule has 0 aliphatic carbocycles. The molecule has 0 saturated carbocycles. The Morgan fingerprint density at radius 2 is 2.21 bits per heavy atom. The summed E-state index contributed by atoms with van der Waals surface area (Å²) in [6, 6.07) is 0.922. The molecule has 2 unspecified atom stereocenters. The molecule has 0 radical (unpaired) electrons. The van der Waals surface area contributed by atoms with Crippen LogP contribution in [0.25, 0.3) is 0 Å². The fourth-order valence-electron chi connectivity index (χ4n) is 3.40. The second kappa shape index (κ2) is 5.63. The first-order chi connectivity index (χ1) is 9.27. The lowest BCUT2D eigenvalue weighted by Gasteiger charge is -2.39. The normalized spacial score (nSPS) is 27.7. The molecule has 0 aromatic carbocycles. The molecule has 0 bridgehead atoms. The van der Waals surface area contributed by atoms with Gasteiger partial charge in [0.25, 0.3) is 5.91 Å². The number of piperidine rings is 1. The molecule has 104 valence electrons. The molecule has 2 saturated heterocycles. The van der Waals surface area contributed by atoms with Crippen molar-refractivity contribution in [3.63, 3.8) is 0 Å². The molecule has 2 aliphatic heterocycles. The minimum Gasteiger partial charge on any atom is -0.334 e. The van der Waals surface area contributed by atoms with Gasteiger partial charge < -0.3 is 10.2 Å². The van der Waals surface area contributed by atoms with E-state index in [0.717, 1.165) is 37.1 Å². The molecule has 2 fully saturated rings.